The second-order valence-electron chi connectivity index (χ2n) is 3.04. The maximum Gasteiger partial charge on any atom is 0.418 e. The number of anilines is 1. The molecule has 0 heterocycles. The molecule has 0 unspecified atom stereocenters. The van der Waals surface area contributed by atoms with E-state index in [1.807, 2.05) is 0 Å². The van der Waals surface area contributed by atoms with Crippen molar-refractivity contribution in [2.24, 2.45) is 0 Å². The van der Waals surface area contributed by atoms with Crippen molar-refractivity contribution < 1.29 is 22.7 Å². The molecule has 0 radical (unpaired) electrons. The van der Waals surface area contributed by atoms with Gasteiger partial charge < -0.3 is 10.1 Å². The Kier molecular flexibility index (Phi) is 4.14. The van der Waals surface area contributed by atoms with Crippen LogP contribution in [0.4, 0.5) is 18.9 Å². The summed E-state index contributed by atoms with van der Waals surface area (Å²) in [4.78, 5) is 10.7. The highest BCUT2D eigenvalue weighted by Gasteiger charge is 2.32. The fraction of sp³-hybridized carbons (Fsp3) is 0.182. The number of halogens is 3. The van der Waals surface area contributed by atoms with Crippen LogP contribution >= 0.6 is 0 Å². The maximum atomic E-state index is 12.5. The molecule has 0 amide bonds. The number of esters is 1. The summed E-state index contributed by atoms with van der Waals surface area (Å²) in [6, 6.07) is 4.97. The third kappa shape index (κ3) is 3.82. The summed E-state index contributed by atoms with van der Waals surface area (Å²) in [5.74, 6) is -0.651. The fourth-order valence-corrected chi connectivity index (χ4v) is 1.12. The zero-order chi connectivity index (χ0) is 12.9. The van der Waals surface area contributed by atoms with Crippen molar-refractivity contribution in [2.45, 2.75) is 6.18 Å². The number of ether oxygens (including phenoxy) is 1. The summed E-state index contributed by atoms with van der Waals surface area (Å²) in [5, 5.41) is 2.38. The number of benzene rings is 1. The molecule has 0 saturated carbocycles. The minimum Gasteiger partial charge on any atom is -0.466 e. The van der Waals surface area contributed by atoms with Crippen molar-refractivity contribution in [3.8, 4) is 0 Å². The largest absolute Gasteiger partial charge is 0.466 e. The number of methoxy groups -OCH3 is 1. The second-order valence-corrected chi connectivity index (χ2v) is 3.04. The summed E-state index contributed by atoms with van der Waals surface area (Å²) < 4.78 is 41.9. The van der Waals surface area contributed by atoms with Gasteiger partial charge in [0.25, 0.3) is 0 Å². The van der Waals surface area contributed by atoms with Crippen LogP contribution in [0.1, 0.15) is 5.56 Å². The van der Waals surface area contributed by atoms with Crippen LogP contribution in [-0.2, 0) is 15.7 Å². The van der Waals surface area contributed by atoms with Gasteiger partial charge in [0.05, 0.1) is 18.4 Å². The Bertz CT molecular complexity index is 427. The number of carbonyl (C=O) groups excluding carboxylic acids is 1. The van der Waals surface area contributed by atoms with Crippen LogP contribution in [-0.4, -0.2) is 13.1 Å². The summed E-state index contributed by atoms with van der Waals surface area (Å²) in [5.41, 5.74) is -0.922. The molecule has 6 heteroatoms. The van der Waals surface area contributed by atoms with Crippen molar-refractivity contribution in [1.82, 2.24) is 0 Å². The third-order valence-electron chi connectivity index (χ3n) is 1.89. The van der Waals surface area contributed by atoms with E-state index in [0.717, 1.165) is 18.3 Å². The van der Waals surface area contributed by atoms with Crippen molar-refractivity contribution in [3.05, 3.63) is 42.1 Å². The molecule has 1 aromatic rings. The van der Waals surface area contributed by atoms with E-state index in [1.165, 1.54) is 25.3 Å². The van der Waals surface area contributed by atoms with Crippen LogP contribution < -0.4 is 5.32 Å². The van der Waals surface area contributed by atoms with Crippen molar-refractivity contribution in [2.75, 3.05) is 12.4 Å². The van der Waals surface area contributed by atoms with Crippen molar-refractivity contribution >= 4 is 11.7 Å². The molecular weight excluding hydrogens is 235 g/mol. The molecule has 0 fully saturated rings. The van der Waals surface area contributed by atoms with Crippen LogP contribution in [0.15, 0.2) is 36.5 Å². The monoisotopic (exact) mass is 245 g/mol. The normalized spacial score (nSPS) is 11.5. The number of carbonyl (C=O) groups is 1. The smallest absolute Gasteiger partial charge is 0.418 e. The molecular formula is C11H10F3NO2. The number of alkyl halides is 3. The highest BCUT2D eigenvalue weighted by molar-refractivity contribution is 5.82. The van der Waals surface area contributed by atoms with Crippen molar-refractivity contribution in [3.63, 3.8) is 0 Å². The average molecular weight is 245 g/mol. The Labute approximate surface area is 95.9 Å². The SMILES string of the molecule is COC(=O)/C=C/Nc1ccccc1C(F)(F)F. The highest BCUT2D eigenvalue weighted by atomic mass is 19.4. The van der Waals surface area contributed by atoms with Gasteiger partial charge in [-0.25, -0.2) is 4.79 Å². The first-order chi connectivity index (χ1) is 7.95. The predicted octanol–water partition coefficient (Wildman–Crippen LogP) is 2.80. The van der Waals surface area contributed by atoms with E-state index in [1.54, 1.807) is 0 Å². The van der Waals surface area contributed by atoms with Gasteiger partial charge in [-0.05, 0) is 12.1 Å². The molecule has 0 aliphatic heterocycles. The van der Waals surface area contributed by atoms with E-state index in [2.05, 4.69) is 10.1 Å². The van der Waals surface area contributed by atoms with E-state index in [0.29, 0.717) is 0 Å². The minimum absolute atomic E-state index is 0.125. The van der Waals surface area contributed by atoms with Gasteiger partial charge in [0, 0.05) is 12.3 Å². The minimum atomic E-state index is -4.44. The van der Waals surface area contributed by atoms with Gasteiger partial charge >= 0.3 is 12.1 Å². The number of para-hydroxylation sites is 1. The predicted molar refractivity (Wildman–Crippen MR) is 56.2 cm³/mol. The average Bonchev–Trinajstić information content (AvgIpc) is 2.28. The molecule has 92 valence electrons. The quantitative estimate of drug-likeness (QED) is 0.657. The topological polar surface area (TPSA) is 38.3 Å². The number of hydrogen-bond acceptors (Lipinski definition) is 3. The second kappa shape index (κ2) is 5.38. The summed E-state index contributed by atoms with van der Waals surface area (Å²) >= 11 is 0. The molecule has 17 heavy (non-hydrogen) atoms. The first kappa shape index (κ1) is 13.1. The first-order valence-electron chi connectivity index (χ1n) is 4.62. The number of nitrogens with one attached hydrogen (secondary N) is 1. The van der Waals surface area contributed by atoms with Crippen LogP contribution in [0.25, 0.3) is 0 Å². The Hall–Kier alpha value is -1.98. The van der Waals surface area contributed by atoms with E-state index in [4.69, 9.17) is 0 Å². The van der Waals surface area contributed by atoms with Gasteiger partial charge in [0.15, 0.2) is 0 Å². The molecule has 0 aliphatic carbocycles. The van der Waals surface area contributed by atoms with E-state index in [-0.39, 0.29) is 5.69 Å². The van der Waals surface area contributed by atoms with Crippen LogP contribution in [0.2, 0.25) is 0 Å². The van der Waals surface area contributed by atoms with Gasteiger partial charge in [-0.2, -0.15) is 13.2 Å². The molecule has 1 rings (SSSR count). The molecule has 0 aliphatic rings. The highest BCUT2D eigenvalue weighted by Crippen LogP contribution is 2.34. The molecule has 1 aromatic carbocycles. The Morgan fingerprint density at radius 3 is 2.59 bits per heavy atom. The fourth-order valence-electron chi connectivity index (χ4n) is 1.12. The van der Waals surface area contributed by atoms with Crippen LogP contribution in [0.3, 0.4) is 0 Å². The lowest BCUT2D eigenvalue weighted by atomic mass is 10.1. The molecule has 0 bridgehead atoms. The number of rotatable bonds is 3. The standard InChI is InChI=1S/C11H10F3NO2/c1-17-10(16)6-7-15-9-5-3-2-4-8(9)11(12,13)14/h2-7,15H,1H3/b7-6+. The molecule has 3 nitrogen and oxygen atoms in total. The van der Waals surface area contributed by atoms with Gasteiger partial charge in [0.2, 0.25) is 0 Å². The summed E-state index contributed by atoms with van der Waals surface area (Å²) in [6.07, 6.45) is -2.35. The Morgan fingerprint density at radius 1 is 1.35 bits per heavy atom. The molecule has 0 aromatic heterocycles. The van der Waals surface area contributed by atoms with Gasteiger partial charge in [-0.1, -0.05) is 12.1 Å². The third-order valence-corrected chi connectivity index (χ3v) is 1.89. The zero-order valence-corrected chi connectivity index (χ0v) is 8.91. The summed E-state index contributed by atoms with van der Waals surface area (Å²) in [7, 11) is 1.18. The molecule has 0 saturated heterocycles. The van der Waals surface area contributed by atoms with Crippen LogP contribution in [0, 0.1) is 0 Å². The van der Waals surface area contributed by atoms with Gasteiger partial charge in [-0.15, -0.1) is 0 Å². The first-order valence-corrected chi connectivity index (χ1v) is 4.62. The lowest BCUT2D eigenvalue weighted by molar-refractivity contribution is -0.137. The lowest BCUT2D eigenvalue weighted by Gasteiger charge is -2.11. The van der Waals surface area contributed by atoms with Crippen LogP contribution in [0.5, 0.6) is 0 Å². The Balaban J connectivity index is 2.85. The Morgan fingerprint density at radius 2 is 2.00 bits per heavy atom. The summed E-state index contributed by atoms with van der Waals surface area (Å²) in [6.45, 7) is 0. The number of hydrogen-bond donors (Lipinski definition) is 1. The zero-order valence-electron chi connectivity index (χ0n) is 8.91. The molecule has 0 atom stereocenters. The van der Waals surface area contributed by atoms with E-state index >= 15 is 0 Å². The lowest BCUT2D eigenvalue weighted by Crippen LogP contribution is -2.08. The van der Waals surface area contributed by atoms with Crippen molar-refractivity contribution in [1.29, 1.82) is 0 Å². The molecule has 0 spiro atoms. The van der Waals surface area contributed by atoms with E-state index in [9.17, 15) is 18.0 Å². The van der Waals surface area contributed by atoms with Gasteiger partial charge in [-0.3, -0.25) is 0 Å². The maximum absolute atomic E-state index is 12.5. The van der Waals surface area contributed by atoms with Gasteiger partial charge in [0.1, 0.15) is 0 Å². The van der Waals surface area contributed by atoms with E-state index < -0.39 is 17.7 Å². The molecule has 1 N–H and O–H groups in total.